The Hall–Kier alpha value is -4.46. The molecule has 150 valence electrons. The fourth-order valence-electron chi connectivity index (χ4n) is 3.15. The fraction of sp³-hybridized carbons (Fsp3) is 0.0435. The lowest BCUT2D eigenvalue weighted by atomic mass is 10.1. The van der Waals surface area contributed by atoms with E-state index in [1.807, 2.05) is 60.7 Å². The smallest absolute Gasteiger partial charge is 0.275 e. The molecule has 5 aromatic rings. The highest BCUT2D eigenvalue weighted by atomic mass is 16.5. The largest absolute Gasteiger partial charge is 0.339 e. The number of carbonyl (C=O) groups excluding carboxylic acids is 1. The number of fused-ring (bicyclic) bond motifs is 1. The molecule has 1 amide bonds. The zero-order valence-electron chi connectivity index (χ0n) is 16.3. The van der Waals surface area contributed by atoms with E-state index in [1.54, 1.807) is 12.4 Å². The summed E-state index contributed by atoms with van der Waals surface area (Å²) < 4.78 is 5.39. The molecule has 8 nitrogen and oxygen atoms in total. The number of benzene rings is 2. The lowest BCUT2D eigenvalue weighted by Crippen LogP contribution is -2.15. The molecule has 0 saturated carbocycles. The Morgan fingerprint density at radius 2 is 1.74 bits per heavy atom. The molecule has 8 heteroatoms. The number of hydrogen-bond acceptors (Lipinski definition) is 7. The molecule has 1 N–H and O–H groups in total. The van der Waals surface area contributed by atoms with Crippen molar-refractivity contribution in [1.29, 1.82) is 0 Å². The van der Waals surface area contributed by atoms with Crippen LogP contribution in [0.3, 0.4) is 0 Å². The summed E-state index contributed by atoms with van der Waals surface area (Å²) in [5.41, 5.74) is 3.89. The number of anilines is 1. The van der Waals surface area contributed by atoms with Gasteiger partial charge in [0, 0.05) is 23.6 Å². The van der Waals surface area contributed by atoms with Crippen molar-refractivity contribution >= 4 is 22.6 Å². The first-order valence-electron chi connectivity index (χ1n) is 9.60. The summed E-state index contributed by atoms with van der Waals surface area (Å²) in [5, 5.41) is 6.93. The molecule has 3 aromatic heterocycles. The van der Waals surface area contributed by atoms with Gasteiger partial charge in [-0.1, -0.05) is 35.5 Å². The summed E-state index contributed by atoms with van der Waals surface area (Å²) in [5.74, 6) is 0.564. The third kappa shape index (κ3) is 3.99. The summed E-state index contributed by atoms with van der Waals surface area (Å²) in [4.78, 5) is 30.0. The van der Waals surface area contributed by atoms with Crippen LogP contribution in [0.25, 0.3) is 22.4 Å². The van der Waals surface area contributed by atoms with E-state index in [-0.39, 0.29) is 11.6 Å². The average Bonchev–Trinajstić information content (AvgIpc) is 3.29. The second-order valence-electron chi connectivity index (χ2n) is 6.79. The molecule has 0 bridgehead atoms. The quantitative estimate of drug-likeness (QED) is 0.470. The summed E-state index contributed by atoms with van der Waals surface area (Å²) in [6.45, 7) is 0. The maximum absolute atomic E-state index is 12.8. The Morgan fingerprint density at radius 1 is 0.903 bits per heavy atom. The highest BCUT2D eigenvalue weighted by Gasteiger charge is 2.15. The summed E-state index contributed by atoms with van der Waals surface area (Å²) in [7, 11) is 0. The van der Waals surface area contributed by atoms with Crippen molar-refractivity contribution in [3.8, 4) is 11.4 Å². The van der Waals surface area contributed by atoms with Crippen LogP contribution in [0.2, 0.25) is 0 Å². The van der Waals surface area contributed by atoms with Crippen LogP contribution in [0.4, 0.5) is 5.69 Å². The van der Waals surface area contributed by atoms with E-state index in [1.165, 1.54) is 6.20 Å². The van der Waals surface area contributed by atoms with Gasteiger partial charge in [0.05, 0.1) is 23.7 Å². The van der Waals surface area contributed by atoms with Crippen molar-refractivity contribution in [3.05, 3.63) is 96.4 Å². The van der Waals surface area contributed by atoms with E-state index in [4.69, 9.17) is 4.52 Å². The minimum atomic E-state index is -0.340. The lowest BCUT2D eigenvalue weighted by molar-refractivity contribution is 0.102. The van der Waals surface area contributed by atoms with Gasteiger partial charge in [-0.25, -0.2) is 4.98 Å². The van der Waals surface area contributed by atoms with Crippen LogP contribution in [-0.4, -0.2) is 31.0 Å². The standard InChI is InChI=1S/C23H16N6O2/c30-23(20-14-25-18-9-3-4-10-19(18)26-20)27-17-8-2-1-6-15(17)12-21-28-22(29-31-21)16-7-5-11-24-13-16/h1-11,13-14H,12H2,(H,27,30). The number of amides is 1. The molecule has 0 unspecified atom stereocenters. The minimum absolute atomic E-state index is 0.241. The van der Waals surface area contributed by atoms with Crippen molar-refractivity contribution in [2.45, 2.75) is 6.42 Å². The third-order valence-electron chi connectivity index (χ3n) is 4.68. The fourth-order valence-corrected chi connectivity index (χ4v) is 3.15. The number of aromatic nitrogens is 5. The number of nitrogens with zero attached hydrogens (tertiary/aromatic N) is 5. The molecule has 0 aliphatic heterocycles. The van der Waals surface area contributed by atoms with Gasteiger partial charge in [-0.15, -0.1) is 0 Å². The molecular weight excluding hydrogens is 392 g/mol. The van der Waals surface area contributed by atoms with E-state index < -0.39 is 0 Å². The van der Waals surface area contributed by atoms with E-state index in [0.717, 1.165) is 16.6 Å². The van der Waals surface area contributed by atoms with Gasteiger partial charge in [-0.3, -0.25) is 14.8 Å². The van der Waals surface area contributed by atoms with E-state index >= 15 is 0 Å². The zero-order valence-corrected chi connectivity index (χ0v) is 16.3. The predicted molar refractivity (Wildman–Crippen MR) is 114 cm³/mol. The monoisotopic (exact) mass is 408 g/mol. The number of hydrogen-bond donors (Lipinski definition) is 1. The second-order valence-corrected chi connectivity index (χ2v) is 6.79. The Balaban J connectivity index is 1.37. The molecule has 0 aliphatic carbocycles. The third-order valence-corrected chi connectivity index (χ3v) is 4.68. The Morgan fingerprint density at radius 3 is 2.61 bits per heavy atom. The van der Waals surface area contributed by atoms with Crippen molar-refractivity contribution < 1.29 is 9.32 Å². The number of nitrogens with one attached hydrogen (secondary N) is 1. The Kier molecular flexibility index (Phi) is 4.86. The summed E-state index contributed by atoms with van der Waals surface area (Å²) >= 11 is 0. The minimum Gasteiger partial charge on any atom is -0.339 e. The summed E-state index contributed by atoms with van der Waals surface area (Å²) in [6.07, 6.45) is 5.20. The van der Waals surface area contributed by atoms with Crippen molar-refractivity contribution in [3.63, 3.8) is 0 Å². The van der Waals surface area contributed by atoms with E-state index in [0.29, 0.717) is 29.3 Å². The number of pyridine rings is 1. The van der Waals surface area contributed by atoms with Crippen LogP contribution in [0.5, 0.6) is 0 Å². The number of para-hydroxylation sites is 3. The van der Waals surface area contributed by atoms with Gasteiger partial charge in [0.1, 0.15) is 5.69 Å². The van der Waals surface area contributed by atoms with Crippen LogP contribution in [0.15, 0.2) is 83.8 Å². The molecule has 2 aromatic carbocycles. The molecule has 0 atom stereocenters. The molecular formula is C23H16N6O2. The normalized spacial score (nSPS) is 10.8. The van der Waals surface area contributed by atoms with Gasteiger partial charge in [0.2, 0.25) is 11.7 Å². The van der Waals surface area contributed by atoms with Gasteiger partial charge in [0.15, 0.2) is 0 Å². The molecule has 0 radical (unpaired) electrons. The number of rotatable bonds is 5. The van der Waals surface area contributed by atoms with Gasteiger partial charge >= 0.3 is 0 Å². The van der Waals surface area contributed by atoms with Crippen molar-refractivity contribution in [2.24, 2.45) is 0 Å². The first kappa shape index (κ1) is 18.6. The molecule has 0 spiro atoms. The van der Waals surface area contributed by atoms with E-state index in [9.17, 15) is 4.79 Å². The highest BCUT2D eigenvalue weighted by molar-refractivity contribution is 6.03. The number of carbonyl (C=O) groups is 1. The van der Waals surface area contributed by atoms with Gasteiger partial charge in [-0.2, -0.15) is 4.98 Å². The topological polar surface area (TPSA) is 107 Å². The molecule has 3 heterocycles. The Bertz CT molecular complexity index is 1370. The molecule has 0 fully saturated rings. The van der Waals surface area contributed by atoms with Crippen LogP contribution in [-0.2, 0) is 6.42 Å². The Labute approximate surface area is 177 Å². The summed E-state index contributed by atoms with van der Waals surface area (Å²) in [6, 6.07) is 18.5. The van der Waals surface area contributed by atoms with Gasteiger partial charge in [-0.05, 0) is 35.9 Å². The highest BCUT2D eigenvalue weighted by Crippen LogP contribution is 2.21. The maximum Gasteiger partial charge on any atom is 0.275 e. The van der Waals surface area contributed by atoms with E-state index in [2.05, 4.69) is 30.4 Å². The second kappa shape index (κ2) is 8.11. The molecule has 0 aliphatic rings. The molecule has 0 saturated heterocycles. The molecule has 5 rings (SSSR count). The lowest BCUT2D eigenvalue weighted by Gasteiger charge is -2.09. The first-order chi connectivity index (χ1) is 15.3. The van der Waals surface area contributed by atoms with Crippen molar-refractivity contribution in [1.82, 2.24) is 25.1 Å². The predicted octanol–water partition coefficient (Wildman–Crippen LogP) is 3.92. The van der Waals surface area contributed by atoms with Crippen molar-refractivity contribution in [2.75, 3.05) is 5.32 Å². The average molecular weight is 408 g/mol. The van der Waals surface area contributed by atoms with Crippen LogP contribution >= 0.6 is 0 Å². The van der Waals surface area contributed by atoms with Crippen LogP contribution < -0.4 is 5.32 Å². The van der Waals surface area contributed by atoms with Gasteiger partial charge < -0.3 is 9.84 Å². The van der Waals surface area contributed by atoms with Crippen LogP contribution in [0.1, 0.15) is 21.9 Å². The van der Waals surface area contributed by atoms with Crippen LogP contribution in [0, 0.1) is 0 Å². The van der Waals surface area contributed by atoms with Gasteiger partial charge in [0.25, 0.3) is 5.91 Å². The first-order valence-corrected chi connectivity index (χ1v) is 9.60. The zero-order chi connectivity index (χ0) is 21.0. The SMILES string of the molecule is O=C(Nc1ccccc1Cc1nc(-c2cccnc2)no1)c1cnc2ccccc2n1. The molecule has 31 heavy (non-hydrogen) atoms. The maximum atomic E-state index is 12.8.